The van der Waals surface area contributed by atoms with Crippen molar-refractivity contribution in [1.29, 1.82) is 0 Å². The Morgan fingerprint density at radius 3 is 1.95 bits per heavy atom. The van der Waals surface area contributed by atoms with E-state index in [1.165, 1.54) is 30.3 Å². The second-order valence-corrected chi connectivity index (χ2v) is 4.96. The van der Waals surface area contributed by atoms with Crippen LogP contribution in [0.3, 0.4) is 0 Å². The third-order valence-corrected chi connectivity index (χ3v) is 3.04. The summed E-state index contributed by atoms with van der Waals surface area (Å²) in [5.41, 5.74) is 1.84. The molecule has 0 aliphatic carbocycles. The second kappa shape index (κ2) is 5.76. The van der Waals surface area contributed by atoms with E-state index in [0.29, 0.717) is 16.7 Å². The zero-order valence-corrected chi connectivity index (χ0v) is 11.5. The molecule has 21 heavy (non-hydrogen) atoms. The van der Waals surface area contributed by atoms with Crippen molar-refractivity contribution in [2.75, 3.05) is 0 Å². The molecule has 1 nitrogen and oxygen atoms in total. The Hall–Kier alpha value is -2.04. The first-order valence-corrected chi connectivity index (χ1v) is 6.42. The SMILES string of the molecule is CC(C)c1ccc(-c2ccc(OC(F)(F)F)cc2)cc1F. The standard InChI is InChI=1S/C16H14F4O/c1-10(2)14-8-5-12(9-15(14)17)11-3-6-13(7-4-11)21-16(18,19)20/h3-10H,1-2H3. The van der Waals surface area contributed by atoms with E-state index in [9.17, 15) is 17.6 Å². The summed E-state index contributed by atoms with van der Waals surface area (Å²) in [6.45, 7) is 3.78. The number of rotatable bonds is 3. The average molecular weight is 298 g/mol. The van der Waals surface area contributed by atoms with Gasteiger partial charge in [-0.3, -0.25) is 0 Å². The van der Waals surface area contributed by atoms with E-state index in [1.54, 1.807) is 12.1 Å². The molecule has 0 atom stereocenters. The van der Waals surface area contributed by atoms with E-state index in [1.807, 2.05) is 13.8 Å². The topological polar surface area (TPSA) is 9.23 Å². The molecule has 0 aliphatic rings. The Morgan fingerprint density at radius 1 is 0.905 bits per heavy atom. The van der Waals surface area contributed by atoms with Crippen LogP contribution in [-0.2, 0) is 0 Å². The van der Waals surface area contributed by atoms with Crippen LogP contribution in [0.4, 0.5) is 17.6 Å². The molecule has 0 N–H and O–H groups in total. The largest absolute Gasteiger partial charge is 0.573 e. The van der Waals surface area contributed by atoms with Gasteiger partial charge in [-0.15, -0.1) is 13.2 Å². The monoisotopic (exact) mass is 298 g/mol. The van der Waals surface area contributed by atoms with E-state index in [2.05, 4.69) is 4.74 Å². The maximum absolute atomic E-state index is 13.9. The van der Waals surface area contributed by atoms with Crippen molar-refractivity contribution >= 4 is 0 Å². The molecule has 0 aliphatic heterocycles. The molecular weight excluding hydrogens is 284 g/mol. The van der Waals surface area contributed by atoms with E-state index in [4.69, 9.17) is 0 Å². The fraction of sp³-hybridized carbons (Fsp3) is 0.250. The van der Waals surface area contributed by atoms with Crippen LogP contribution in [0.15, 0.2) is 42.5 Å². The lowest BCUT2D eigenvalue weighted by Crippen LogP contribution is -2.16. The lowest BCUT2D eigenvalue weighted by atomic mass is 9.98. The fourth-order valence-electron chi connectivity index (χ4n) is 2.02. The van der Waals surface area contributed by atoms with Crippen LogP contribution in [0.5, 0.6) is 5.75 Å². The molecule has 2 rings (SSSR count). The van der Waals surface area contributed by atoms with Crippen molar-refractivity contribution in [2.45, 2.75) is 26.1 Å². The highest BCUT2D eigenvalue weighted by Crippen LogP contribution is 2.28. The summed E-state index contributed by atoms with van der Waals surface area (Å²) in [5, 5.41) is 0. The maximum atomic E-state index is 13.9. The summed E-state index contributed by atoms with van der Waals surface area (Å²) in [6.07, 6.45) is -4.72. The maximum Gasteiger partial charge on any atom is 0.573 e. The molecule has 0 bridgehead atoms. The molecule has 5 heteroatoms. The lowest BCUT2D eigenvalue weighted by Gasteiger charge is -2.11. The average Bonchev–Trinajstić information content (AvgIpc) is 2.37. The Balaban J connectivity index is 2.25. The molecular formula is C16H14F4O. The predicted molar refractivity (Wildman–Crippen MR) is 72.6 cm³/mol. The first kappa shape index (κ1) is 15.4. The van der Waals surface area contributed by atoms with Gasteiger partial charge in [-0.05, 0) is 40.8 Å². The van der Waals surface area contributed by atoms with Crippen LogP contribution in [0.25, 0.3) is 11.1 Å². The third kappa shape index (κ3) is 3.97. The number of alkyl halides is 3. The second-order valence-electron chi connectivity index (χ2n) is 4.96. The van der Waals surface area contributed by atoms with E-state index < -0.39 is 6.36 Å². The molecule has 0 saturated carbocycles. The van der Waals surface area contributed by atoms with Gasteiger partial charge < -0.3 is 4.74 Å². The molecule has 2 aromatic carbocycles. The fourth-order valence-corrected chi connectivity index (χ4v) is 2.02. The minimum absolute atomic E-state index is 0.0709. The first-order valence-electron chi connectivity index (χ1n) is 6.42. The van der Waals surface area contributed by atoms with Gasteiger partial charge in [0.1, 0.15) is 11.6 Å². The minimum Gasteiger partial charge on any atom is -0.406 e. The molecule has 0 saturated heterocycles. The highest BCUT2D eigenvalue weighted by molar-refractivity contribution is 5.64. The normalized spacial score (nSPS) is 11.8. The number of benzene rings is 2. The molecule has 0 radical (unpaired) electrons. The van der Waals surface area contributed by atoms with Crippen molar-refractivity contribution in [1.82, 2.24) is 0 Å². The van der Waals surface area contributed by atoms with Crippen LogP contribution in [0.2, 0.25) is 0 Å². The Kier molecular flexibility index (Phi) is 4.21. The van der Waals surface area contributed by atoms with Crippen molar-refractivity contribution in [2.24, 2.45) is 0 Å². The molecule has 0 aromatic heterocycles. The van der Waals surface area contributed by atoms with Crippen molar-refractivity contribution in [3.8, 4) is 16.9 Å². The highest BCUT2D eigenvalue weighted by Gasteiger charge is 2.30. The van der Waals surface area contributed by atoms with Gasteiger partial charge in [-0.25, -0.2) is 4.39 Å². The van der Waals surface area contributed by atoms with E-state index in [-0.39, 0.29) is 17.5 Å². The van der Waals surface area contributed by atoms with E-state index in [0.717, 1.165) is 0 Å². The molecule has 0 fully saturated rings. The van der Waals surface area contributed by atoms with Gasteiger partial charge >= 0.3 is 6.36 Å². The minimum atomic E-state index is -4.72. The van der Waals surface area contributed by atoms with Gasteiger partial charge in [0.15, 0.2) is 0 Å². The van der Waals surface area contributed by atoms with Gasteiger partial charge in [-0.1, -0.05) is 38.1 Å². The molecule has 0 unspecified atom stereocenters. The summed E-state index contributed by atoms with van der Waals surface area (Å²) in [4.78, 5) is 0. The molecule has 0 amide bonds. The lowest BCUT2D eigenvalue weighted by molar-refractivity contribution is -0.274. The van der Waals surface area contributed by atoms with Crippen LogP contribution in [0, 0.1) is 5.82 Å². The van der Waals surface area contributed by atoms with Gasteiger partial charge in [0.25, 0.3) is 0 Å². The number of hydrogen-bond acceptors (Lipinski definition) is 1. The summed E-state index contributed by atoms with van der Waals surface area (Å²) >= 11 is 0. The van der Waals surface area contributed by atoms with Crippen LogP contribution in [0.1, 0.15) is 25.3 Å². The number of hydrogen-bond donors (Lipinski definition) is 0. The van der Waals surface area contributed by atoms with E-state index >= 15 is 0 Å². The van der Waals surface area contributed by atoms with Crippen LogP contribution >= 0.6 is 0 Å². The Labute approximate surface area is 120 Å². The van der Waals surface area contributed by atoms with Gasteiger partial charge in [0.05, 0.1) is 0 Å². The van der Waals surface area contributed by atoms with Crippen LogP contribution < -0.4 is 4.74 Å². The zero-order chi connectivity index (χ0) is 15.6. The van der Waals surface area contributed by atoms with Crippen molar-refractivity contribution in [3.63, 3.8) is 0 Å². The molecule has 112 valence electrons. The number of ether oxygens (including phenoxy) is 1. The molecule has 0 spiro atoms. The van der Waals surface area contributed by atoms with Crippen LogP contribution in [-0.4, -0.2) is 6.36 Å². The summed E-state index contributed by atoms with van der Waals surface area (Å²) in [5.74, 6) is -0.551. The summed E-state index contributed by atoms with van der Waals surface area (Å²) in [7, 11) is 0. The summed E-state index contributed by atoms with van der Waals surface area (Å²) in [6, 6.07) is 10.2. The molecule has 2 aromatic rings. The first-order chi connectivity index (χ1) is 9.76. The predicted octanol–water partition coefficient (Wildman–Crippen LogP) is 5.51. The zero-order valence-electron chi connectivity index (χ0n) is 11.5. The number of halogens is 4. The quantitative estimate of drug-likeness (QED) is 0.678. The van der Waals surface area contributed by atoms with Gasteiger partial charge in [-0.2, -0.15) is 0 Å². The van der Waals surface area contributed by atoms with Crippen molar-refractivity contribution in [3.05, 3.63) is 53.8 Å². The highest BCUT2D eigenvalue weighted by atomic mass is 19.4. The van der Waals surface area contributed by atoms with Gasteiger partial charge in [0.2, 0.25) is 0 Å². The van der Waals surface area contributed by atoms with Crippen molar-refractivity contribution < 1.29 is 22.3 Å². The Morgan fingerprint density at radius 2 is 1.48 bits per heavy atom. The smallest absolute Gasteiger partial charge is 0.406 e. The van der Waals surface area contributed by atoms with Gasteiger partial charge in [0, 0.05) is 0 Å². The summed E-state index contributed by atoms with van der Waals surface area (Å²) < 4.78 is 53.9. The third-order valence-electron chi connectivity index (χ3n) is 3.04. The molecule has 0 heterocycles. The Bertz CT molecular complexity index is 615.